The van der Waals surface area contributed by atoms with E-state index in [1.165, 1.54) is 12.1 Å². The third-order valence-electron chi connectivity index (χ3n) is 3.63. The summed E-state index contributed by atoms with van der Waals surface area (Å²) < 4.78 is 27.7. The summed E-state index contributed by atoms with van der Waals surface area (Å²) in [6.45, 7) is 0.398. The summed E-state index contributed by atoms with van der Waals surface area (Å²) >= 11 is 0. The SMILES string of the molecule is Nc1ccc(NCc2ccc(F)cc2)c(F)c1-c1ccccc1. The second kappa shape index (κ2) is 6.48. The van der Waals surface area contributed by atoms with Gasteiger partial charge < -0.3 is 11.1 Å². The van der Waals surface area contributed by atoms with Gasteiger partial charge >= 0.3 is 0 Å². The predicted molar refractivity (Wildman–Crippen MR) is 90.0 cm³/mol. The topological polar surface area (TPSA) is 38.0 Å². The van der Waals surface area contributed by atoms with Crippen molar-refractivity contribution in [1.29, 1.82) is 0 Å². The minimum absolute atomic E-state index is 0.293. The average molecular weight is 310 g/mol. The highest BCUT2D eigenvalue weighted by atomic mass is 19.1. The van der Waals surface area contributed by atoms with Crippen molar-refractivity contribution in [2.45, 2.75) is 6.54 Å². The maximum atomic E-state index is 14.8. The van der Waals surface area contributed by atoms with Gasteiger partial charge in [0.2, 0.25) is 0 Å². The molecule has 2 nitrogen and oxygen atoms in total. The average Bonchev–Trinajstić information content (AvgIpc) is 2.57. The van der Waals surface area contributed by atoms with Crippen molar-refractivity contribution in [1.82, 2.24) is 0 Å². The third-order valence-corrected chi connectivity index (χ3v) is 3.63. The molecule has 0 amide bonds. The van der Waals surface area contributed by atoms with Crippen molar-refractivity contribution < 1.29 is 8.78 Å². The van der Waals surface area contributed by atoms with E-state index in [4.69, 9.17) is 5.73 Å². The first kappa shape index (κ1) is 15.0. The fourth-order valence-electron chi connectivity index (χ4n) is 2.43. The zero-order chi connectivity index (χ0) is 16.2. The zero-order valence-electron chi connectivity index (χ0n) is 12.4. The number of benzene rings is 3. The summed E-state index contributed by atoms with van der Waals surface area (Å²) in [6, 6.07) is 18.6. The molecular weight excluding hydrogens is 294 g/mol. The van der Waals surface area contributed by atoms with Crippen LogP contribution < -0.4 is 11.1 Å². The van der Waals surface area contributed by atoms with Crippen LogP contribution in [-0.2, 0) is 6.54 Å². The van der Waals surface area contributed by atoms with E-state index in [1.54, 1.807) is 24.3 Å². The van der Waals surface area contributed by atoms with Crippen LogP contribution in [0.25, 0.3) is 11.1 Å². The van der Waals surface area contributed by atoms with Gasteiger partial charge in [-0.25, -0.2) is 8.78 Å². The number of anilines is 2. The van der Waals surface area contributed by atoms with E-state index in [1.807, 2.05) is 30.3 Å². The Morgan fingerprint density at radius 1 is 0.826 bits per heavy atom. The molecule has 0 atom stereocenters. The predicted octanol–water partition coefficient (Wildman–Crippen LogP) is 4.83. The van der Waals surface area contributed by atoms with Crippen LogP contribution in [0, 0.1) is 11.6 Å². The van der Waals surface area contributed by atoms with Crippen LogP contribution in [0.1, 0.15) is 5.56 Å². The minimum Gasteiger partial charge on any atom is -0.398 e. The van der Waals surface area contributed by atoms with Crippen molar-refractivity contribution in [3.8, 4) is 11.1 Å². The van der Waals surface area contributed by atoms with Gasteiger partial charge in [0.05, 0.1) is 5.69 Å². The minimum atomic E-state index is -0.390. The first-order valence-corrected chi connectivity index (χ1v) is 7.27. The van der Waals surface area contributed by atoms with Crippen molar-refractivity contribution in [2.75, 3.05) is 11.1 Å². The van der Waals surface area contributed by atoms with E-state index in [9.17, 15) is 8.78 Å². The fraction of sp³-hybridized carbons (Fsp3) is 0.0526. The first-order valence-electron chi connectivity index (χ1n) is 7.27. The van der Waals surface area contributed by atoms with Crippen molar-refractivity contribution in [3.63, 3.8) is 0 Å². The molecule has 0 heterocycles. The first-order chi connectivity index (χ1) is 11.1. The van der Waals surface area contributed by atoms with E-state index < -0.39 is 5.82 Å². The molecule has 0 saturated heterocycles. The molecule has 0 fully saturated rings. The Morgan fingerprint density at radius 3 is 2.22 bits per heavy atom. The lowest BCUT2D eigenvalue weighted by Gasteiger charge is -2.13. The monoisotopic (exact) mass is 310 g/mol. The number of rotatable bonds is 4. The molecule has 0 bridgehead atoms. The highest BCUT2D eigenvalue weighted by molar-refractivity contribution is 5.80. The van der Waals surface area contributed by atoms with Gasteiger partial charge in [-0.2, -0.15) is 0 Å². The number of nitrogens with two attached hydrogens (primary N) is 1. The molecule has 0 saturated carbocycles. The summed E-state index contributed by atoms with van der Waals surface area (Å²) in [5.74, 6) is -0.683. The summed E-state index contributed by atoms with van der Waals surface area (Å²) in [5, 5.41) is 3.03. The van der Waals surface area contributed by atoms with Gasteiger partial charge in [-0.05, 0) is 35.4 Å². The van der Waals surface area contributed by atoms with Crippen molar-refractivity contribution >= 4 is 11.4 Å². The molecule has 0 radical (unpaired) electrons. The standard InChI is InChI=1S/C19H16F2N2/c20-15-8-6-13(7-9-15)12-23-17-11-10-16(22)18(19(17)21)14-4-2-1-3-5-14/h1-11,23H,12,22H2. The molecule has 116 valence electrons. The van der Waals surface area contributed by atoms with Gasteiger partial charge in [0.15, 0.2) is 5.82 Å². The molecule has 4 heteroatoms. The summed E-state index contributed by atoms with van der Waals surface area (Å²) in [5.41, 5.74) is 8.67. The van der Waals surface area contributed by atoms with Gasteiger partial charge in [0.1, 0.15) is 5.82 Å². The molecule has 0 aliphatic rings. The van der Waals surface area contributed by atoms with Crippen LogP contribution in [0.4, 0.5) is 20.2 Å². The van der Waals surface area contributed by atoms with Crippen LogP contribution in [-0.4, -0.2) is 0 Å². The normalized spacial score (nSPS) is 10.5. The van der Waals surface area contributed by atoms with Crippen molar-refractivity contribution in [3.05, 3.63) is 83.9 Å². The third kappa shape index (κ3) is 3.31. The van der Waals surface area contributed by atoms with Crippen molar-refractivity contribution in [2.24, 2.45) is 0 Å². The number of nitrogens with one attached hydrogen (secondary N) is 1. The molecule has 0 aliphatic heterocycles. The number of halogens is 2. The molecule has 0 spiro atoms. The molecular formula is C19H16F2N2. The second-order valence-electron chi connectivity index (χ2n) is 5.24. The van der Waals surface area contributed by atoms with Gasteiger partial charge in [0.25, 0.3) is 0 Å². The molecule has 3 aromatic rings. The summed E-state index contributed by atoms with van der Waals surface area (Å²) in [6.07, 6.45) is 0. The molecule has 3 rings (SSSR count). The highest BCUT2D eigenvalue weighted by Gasteiger charge is 2.13. The molecule has 0 unspecified atom stereocenters. The van der Waals surface area contributed by atoms with E-state index in [2.05, 4.69) is 5.32 Å². The summed E-state index contributed by atoms with van der Waals surface area (Å²) in [4.78, 5) is 0. The summed E-state index contributed by atoms with van der Waals surface area (Å²) in [7, 11) is 0. The largest absolute Gasteiger partial charge is 0.398 e. The maximum Gasteiger partial charge on any atom is 0.156 e. The van der Waals surface area contributed by atoms with Crippen LogP contribution >= 0.6 is 0 Å². The van der Waals surface area contributed by atoms with E-state index in [0.717, 1.165) is 11.1 Å². The van der Waals surface area contributed by atoms with Gasteiger partial charge in [0, 0.05) is 17.8 Å². The Morgan fingerprint density at radius 2 is 1.52 bits per heavy atom. The highest BCUT2D eigenvalue weighted by Crippen LogP contribution is 2.33. The lowest BCUT2D eigenvalue weighted by Crippen LogP contribution is -2.04. The Kier molecular flexibility index (Phi) is 4.24. The Hall–Kier alpha value is -2.88. The number of nitrogen functional groups attached to an aromatic ring is 1. The van der Waals surface area contributed by atoms with Gasteiger partial charge in [-0.1, -0.05) is 42.5 Å². The Balaban J connectivity index is 1.87. The number of hydrogen-bond donors (Lipinski definition) is 2. The fourth-order valence-corrected chi connectivity index (χ4v) is 2.43. The van der Waals surface area contributed by atoms with E-state index in [-0.39, 0.29) is 5.82 Å². The van der Waals surface area contributed by atoms with Crippen LogP contribution in [0.5, 0.6) is 0 Å². The Bertz CT molecular complexity index is 800. The molecule has 0 aliphatic carbocycles. The maximum absolute atomic E-state index is 14.8. The lowest BCUT2D eigenvalue weighted by atomic mass is 10.0. The van der Waals surface area contributed by atoms with Gasteiger partial charge in [-0.15, -0.1) is 0 Å². The number of hydrogen-bond acceptors (Lipinski definition) is 2. The van der Waals surface area contributed by atoms with Crippen LogP contribution in [0.2, 0.25) is 0 Å². The quantitative estimate of drug-likeness (QED) is 0.678. The molecule has 3 N–H and O–H groups in total. The van der Waals surface area contributed by atoms with E-state index in [0.29, 0.717) is 23.5 Å². The zero-order valence-corrected chi connectivity index (χ0v) is 12.4. The smallest absolute Gasteiger partial charge is 0.156 e. The van der Waals surface area contributed by atoms with E-state index >= 15 is 0 Å². The van der Waals surface area contributed by atoms with Gasteiger partial charge in [-0.3, -0.25) is 0 Å². The molecule has 0 aromatic heterocycles. The van der Waals surface area contributed by atoms with Crippen LogP contribution in [0.15, 0.2) is 66.7 Å². The molecule has 3 aromatic carbocycles. The second-order valence-corrected chi connectivity index (χ2v) is 5.24. The van der Waals surface area contributed by atoms with Crippen LogP contribution in [0.3, 0.4) is 0 Å². The lowest BCUT2D eigenvalue weighted by molar-refractivity contribution is 0.626. The molecule has 23 heavy (non-hydrogen) atoms. The Labute approximate surface area is 133 Å².